The maximum Gasteiger partial charge on any atom is 0.122 e. The fourth-order valence-electron chi connectivity index (χ4n) is 2.47. The van der Waals surface area contributed by atoms with Gasteiger partial charge in [-0.2, -0.15) is 0 Å². The predicted molar refractivity (Wildman–Crippen MR) is 82.4 cm³/mol. The van der Waals surface area contributed by atoms with E-state index in [4.69, 9.17) is 27.5 Å². The number of halogens is 1. The van der Waals surface area contributed by atoms with Gasteiger partial charge in [-0.25, -0.2) is 0 Å². The van der Waals surface area contributed by atoms with E-state index < -0.39 is 0 Å². The molecule has 1 heterocycles. The molecular formula is C15H22ClN3O. The van der Waals surface area contributed by atoms with Crippen molar-refractivity contribution in [2.45, 2.75) is 32.4 Å². The highest BCUT2D eigenvalue weighted by atomic mass is 35.5. The Bertz CT molecular complexity index is 472. The standard InChI is InChI=1S/C15H22ClN3O/c1-2-19(10-13-4-3-7-20-13)9-12-6-5-11(15(17)18)8-14(12)16/h5-6,8,13H,2-4,7,9-10H2,1H3,(H3,17,18). The van der Waals surface area contributed by atoms with Gasteiger partial charge in [0.25, 0.3) is 0 Å². The first kappa shape index (κ1) is 15.3. The van der Waals surface area contributed by atoms with E-state index in [0.29, 0.717) is 16.7 Å². The van der Waals surface area contributed by atoms with Crippen LogP contribution in [0.4, 0.5) is 0 Å². The van der Waals surface area contributed by atoms with Gasteiger partial charge in [0, 0.05) is 30.3 Å². The molecule has 1 saturated heterocycles. The molecule has 1 atom stereocenters. The third kappa shape index (κ3) is 3.95. The van der Waals surface area contributed by atoms with E-state index in [0.717, 1.165) is 44.6 Å². The van der Waals surface area contributed by atoms with Crippen molar-refractivity contribution in [3.05, 3.63) is 34.3 Å². The normalized spacial score (nSPS) is 18.6. The third-order valence-electron chi connectivity index (χ3n) is 3.69. The largest absolute Gasteiger partial charge is 0.384 e. The van der Waals surface area contributed by atoms with Crippen LogP contribution in [0.5, 0.6) is 0 Å². The molecule has 0 saturated carbocycles. The molecule has 5 heteroatoms. The Balaban J connectivity index is 2.01. The smallest absolute Gasteiger partial charge is 0.122 e. The number of nitrogens with one attached hydrogen (secondary N) is 1. The van der Waals surface area contributed by atoms with Gasteiger partial charge in [0.2, 0.25) is 0 Å². The summed E-state index contributed by atoms with van der Waals surface area (Å²) in [5.41, 5.74) is 7.20. The van der Waals surface area contributed by atoms with Crippen LogP contribution in [0.1, 0.15) is 30.9 Å². The average Bonchev–Trinajstić information content (AvgIpc) is 2.92. The number of rotatable bonds is 6. The first-order chi connectivity index (χ1) is 9.60. The Kier molecular flexibility index (Phi) is 5.40. The fraction of sp³-hybridized carbons (Fsp3) is 0.533. The monoisotopic (exact) mass is 295 g/mol. The lowest BCUT2D eigenvalue weighted by Gasteiger charge is -2.24. The zero-order chi connectivity index (χ0) is 14.5. The Morgan fingerprint density at radius 1 is 1.55 bits per heavy atom. The topological polar surface area (TPSA) is 62.3 Å². The molecule has 1 aromatic rings. The summed E-state index contributed by atoms with van der Waals surface area (Å²) in [6.07, 6.45) is 2.66. The molecule has 1 fully saturated rings. The lowest BCUT2D eigenvalue weighted by atomic mass is 10.1. The molecule has 3 N–H and O–H groups in total. The van der Waals surface area contributed by atoms with Gasteiger partial charge in [-0.15, -0.1) is 0 Å². The van der Waals surface area contributed by atoms with Gasteiger partial charge in [0.1, 0.15) is 5.84 Å². The molecular weight excluding hydrogens is 274 g/mol. The van der Waals surface area contributed by atoms with E-state index in [-0.39, 0.29) is 5.84 Å². The van der Waals surface area contributed by atoms with Crippen LogP contribution in [0.25, 0.3) is 0 Å². The van der Waals surface area contributed by atoms with Crippen molar-refractivity contribution in [2.24, 2.45) is 5.73 Å². The van der Waals surface area contributed by atoms with Crippen molar-refractivity contribution in [1.82, 2.24) is 4.90 Å². The highest BCUT2D eigenvalue weighted by Gasteiger charge is 2.19. The number of amidine groups is 1. The van der Waals surface area contributed by atoms with Crippen LogP contribution in [-0.2, 0) is 11.3 Å². The summed E-state index contributed by atoms with van der Waals surface area (Å²) in [6, 6.07) is 5.57. The van der Waals surface area contributed by atoms with Crippen LogP contribution in [0, 0.1) is 5.41 Å². The Labute approximate surface area is 125 Å². The number of nitrogens with two attached hydrogens (primary N) is 1. The molecule has 4 nitrogen and oxygen atoms in total. The van der Waals surface area contributed by atoms with Gasteiger partial charge >= 0.3 is 0 Å². The van der Waals surface area contributed by atoms with Crippen molar-refractivity contribution in [3.63, 3.8) is 0 Å². The summed E-state index contributed by atoms with van der Waals surface area (Å²) in [4.78, 5) is 2.34. The van der Waals surface area contributed by atoms with E-state index in [2.05, 4.69) is 11.8 Å². The quantitative estimate of drug-likeness (QED) is 0.626. The zero-order valence-electron chi connectivity index (χ0n) is 11.9. The van der Waals surface area contributed by atoms with Crippen molar-refractivity contribution < 1.29 is 4.74 Å². The molecule has 0 aliphatic carbocycles. The molecule has 1 unspecified atom stereocenters. The molecule has 0 spiro atoms. The maximum absolute atomic E-state index is 7.42. The van der Waals surface area contributed by atoms with E-state index >= 15 is 0 Å². The van der Waals surface area contributed by atoms with Gasteiger partial charge in [-0.05, 0) is 31.0 Å². The molecule has 110 valence electrons. The summed E-state index contributed by atoms with van der Waals surface area (Å²) in [5.74, 6) is 0.0464. The van der Waals surface area contributed by atoms with Crippen LogP contribution >= 0.6 is 11.6 Å². The van der Waals surface area contributed by atoms with Crippen LogP contribution in [0.3, 0.4) is 0 Å². The van der Waals surface area contributed by atoms with E-state index in [9.17, 15) is 0 Å². The first-order valence-corrected chi connectivity index (χ1v) is 7.44. The van der Waals surface area contributed by atoms with E-state index in [1.807, 2.05) is 12.1 Å². The second-order valence-corrected chi connectivity index (χ2v) is 5.59. The van der Waals surface area contributed by atoms with E-state index in [1.165, 1.54) is 0 Å². The summed E-state index contributed by atoms with van der Waals surface area (Å²) in [6.45, 7) is 5.74. The molecule has 0 bridgehead atoms. The van der Waals surface area contributed by atoms with Crippen LogP contribution < -0.4 is 5.73 Å². The van der Waals surface area contributed by atoms with Gasteiger partial charge in [0.05, 0.1) is 6.10 Å². The lowest BCUT2D eigenvalue weighted by Crippen LogP contribution is -2.31. The summed E-state index contributed by atoms with van der Waals surface area (Å²) < 4.78 is 5.68. The zero-order valence-corrected chi connectivity index (χ0v) is 12.6. The van der Waals surface area contributed by atoms with Gasteiger partial charge < -0.3 is 10.5 Å². The molecule has 1 aromatic carbocycles. The predicted octanol–water partition coefficient (Wildman–Crippen LogP) is 2.62. The highest BCUT2D eigenvalue weighted by Crippen LogP contribution is 2.21. The lowest BCUT2D eigenvalue weighted by molar-refractivity contribution is 0.0725. The van der Waals surface area contributed by atoms with Crippen molar-refractivity contribution in [3.8, 4) is 0 Å². The van der Waals surface area contributed by atoms with E-state index in [1.54, 1.807) is 6.07 Å². The maximum atomic E-state index is 7.42. The first-order valence-electron chi connectivity index (χ1n) is 7.07. The van der Waals surface area contributed by atoms with Gasteiger partial charge in [0.15, 0.2) is 0 Å². The Hall–Kier alpha value is -1.10. The van der Waals surface area contributed by atoms with Gasteiger partial charge in [-0.1, -0.05) is 30.7 Å². The third-order valence-corrected chi connectivity index (χ3v) is 4.04. The Morgan fingerprint density at radius 2 is 2.35 bits per heavy atom. The average molecular weight is 296 g/mol. The molecule has 0 amide bonds. The Morgan fingerprint density at radius 3 is 2.90 bits per heavy atom. The summed E-state index contributed by atoms with van der Waals surface area (Å²) in [7, 11) is 0. The van der Waals surface area contributed by atoms with Crippen molar-refractivity contribution in [1.29, 1.82) is 5.41 Å². The van der Waals surface area contributed by atoms with Crippen molar-refractivity contribution >= 4 is 17.4 Å². The molecule has 20 heavy (non-hydrogen) atoms. The second-order valence-electron chi connectivity index (χ2n) is 5.18. The summed E-state index contributed by atoms with van der Waals surface area (Å²) >= 11 is 6.28. The number of hydrogen-bond acceptors (Lipinski definition) is 3. The summed E-state index contributed by atoms with van der Waals surface area (Å²) in [5, 5.41) is 8.09. The van der Waals surface area contributed by atoms with Crippen LogP contribution in [-0.4, -0.2) is 36.5 Å². The minimum absolute atomic E-state index is 0.0464. The number of ether oxygens (including phenoxy) is 1. The van der Waals surface area contributed by atoms with Gasteiger partial charge in [-0.3, -0.25) is 10.3 Å². The number of nitrogens with zero attached hydrogens (tertiary/aromatic N) is 1. The minimum Gasteiger partial charge on any atom is -0.384 e. The SMILES string of the molecule is CCN(Cc1ccc(C(=N)N)cc1Cl)CC1CCCO1. The number of nitrogen functional groups attached to an aromatic ring is 1. The molecule has 0 aromatic heterocycles. The molecule has 1 aliphatic heterocycles. The molecule has 2 rings (SSSR count). The van der Waals surface area contributed by atoms with Crippen LogP contribution in [0.15, 0.2) is 18.2 Å². The number of benzene rings is 1. The molecule has 0 radical (unpaired) electrons. The number of hydrogen-bond donors (Lipinski definition) is 2. The fourth-order valence-corrected chi connectivity index (χ4v) is 2.71. The van der Waals surface area contributed by atoms with Crippen LogP contribution in [0.2, 0.25) is 5.02 Å². The minimum atomic E-state index is 0.0464. The highest BCUT2D eigenvalue weighted by molar-refractivity contribution is 6.31. The number of likely N-dealkylation sites (N-methyl/N-ethyl adjacent to an activating group) is 1. The molecule has 1 aliphatic rings. The second kappa shape index (κ2) is 7.07. The van der Waals surface area contributed by atoms with Crippen molar-refractivity contribution in [2.75, 3.05) is 19.7 Å².